The van der Waals surface area contributed by atoms with E-state index in [4.69, 9.17) is 14.6 Å². The van der Waals surface area contributed by atoms with Crippen molar-refractivity contribution in [2.75, 3.05) is 26.9 Å². The van der Waals surface area contributed by atoms with E-state index in [1.54, 1.807) is 0 Å². The fourth-order valence-electron chi connectivity index (χ4n) is 3.88. The number of alkyl halides is 2. The molecule has 3 rings (SSSR count). The highest BCUT2D eigenvalue weighted by Crippen LogP contribution is 2.44. The molecule has 2 aromatic rings. The van der Waals surface area contributed by atoms with Gasteiger partial charge in [-0.2, -0.15) is 8.78 Å². The topological polar surface area (TPSA) is 114 Å². The van der Waals surface area contributed by atoms with Crippen LogP contribution in [-0.4, -0.2) is 61.9 Å². The van der Waals surface area contributed by atoms with Gasteiger partial charge in [-0.25, -0.2) is 9.59 Å². The number of carboxylic acid groups (broad SMARTS) is 1. The van der Waals surface area contributed by atoms with Gasteiger partial charge in [0.15, 0.2) is 0 Å². The van der Waals surface area contributed by atoms with Crippen molar-refractivity contribution in [3.63, 3.8) is 0 Å². The Morgan fingerprint density at radius 2 is 1.65 bits per heavy atom. The van der Waals surface area contributed by atoms with Gasteiger partial charge in [-0.3, -0.25) is 4.79 Å². The molecule has 0 saturated heterocycles. The summed E-state index contributed by atoms with van der Waals surface area (Å²) in [6.45, 7) is -1.10. The number of nitrogens with one attached hydrogen (secondary N) is 2. The molecular formula is C24H26F2N2O6. The van der Waals surface area contributed by atoms with Crippen molar-refractivity contribution in [3.05, 3.63) is 59.7 Å². The lowest BCUT2D eigenvalue weighted by atomic mass is 9.98. The molecule has 1 aliphatic rings. The third-order valence-electron chi connectivity index (χ3n) is 5.59. The lowest BCUT2D eigenvalue weighted by molar-refractivity contribution is -0.164. The van der Waals surface area contributed by atoms with Crippen LogP contribution < -0.4 is 10.6 Å². The number of carbonyl (C=O) groups excluding carboxylic acids is 2. The normalized spacial score (nSPS) is 13.5. The third-order valence-corrected chi connectivity index (χ3v) is 5.59. The summed E-state index contributed by atoms with van der Waals surface area (Å²) in [7, 11) is 1.46. The minimum atomic E-state index is -4.13. The van der Waals surface area contributed by atoms with Crippen molar-refractivity contribution < 1.29 is 37.7 Å². The Labute approximate surface area is 195 Å². The van der Waals surface area contributed by atoms with Crippen molar-refractivity contribution >= 4 is 18.0 Å². The molecule has 1 unspecified atom stereocenters. The summed E-state index contributed by atoms with van der Waals surface area (Å²) in [6, 6.07) is 14.4. The number of alkyl carbamates (subject to hydrolysis) is 1. The number of hydrogen-bond donors (Lipinski definition) is 3. The number of fused-ring (bicyclic) bond motifs is 3. The summed E-state index contributed by atoms with van der Waals surface area (Å²) in [5.74, 6) is -7.61. The molecule has 182 valence electrons. The fourth-order valence-corrected chi connectivity index (χ4v) is 3.88. The quantitative estimate of drug-likeness (QED) is 0.430. The Morgan fingerprint density at radius 1 is 1.06 bits per heavy atom. The summed E-state index contributed by atoms with van der Waals surface area (Å²) in [4.78, 5) is 35.4. The van der Waals surface area contributed by atoms with Crippen LogP contribution in [0, 0.1) is 0 Å². The molecule has 10 heteroatoms. The van der Waals surface area contributed by atoms with Gasteiger partial charge in [0.25, 0.3) is 0 Å². The molecule has 2 amide bonds. The van der Waals surface area contributed by atoms with E-state index in [1.807, 2.05) is 53.8 Å². The van der Waals surface area contributed by atoms with Gasteiger partial charge in [0.2, 0.25) is 5.91 Å². The van der Waals surface area contributed by atoms with Gasteiger partial charge in [-0.1, -0.05) is 48.5 Å². The Kier molecular flexibility index (Phi) is 8.17. The lowest BCUT2D eigenvalue weighted by Crippen LogP contribution is -2.51. The highest BCUT2D eigenvalue weighted by atomic mass is 19.3. The van der Waals surface area contributed by atoms with E-state index in [0.29, 0.717) is 6.42 Å². The highest BCUT2D eigenvalue weighted by Gasteiger charge is 2.39. The van der Waals surface area contributed by atoms with Crippen molar-refractivity contribution in [1.29, 1.82) is 0 Å². The van der Waals surface area contributed by atoms with Crippen LogP contribution in [0.25, 0.3) is 11.1 Å². The Balaban J connectivity index is 1.63. The largest absolute Gasteiger partial charge is 0.477 e. The first-order chi connectivity index (χ1) is 16.2. The second kappa shape index (κ2) is 11.1. The molecule has 34 heavy (non-hydrogen) atoms. The van der Waals surface area contributed by atoms with Gasteiger partial charge in [0, 0.05) is 19.6 Å². The van der Waals surface area contributed by atoms with Crippen LogP contribution in [-0.2, 0) is 19.1 Å². The van der Waals surface area contributed by atoms with Gasteiger partial charge in [0.1, 0.15) is 12.6 Å². The van der Waals surface area contributed by atoms with Crippen LogP contribution in [0.4, 0.5) is 13.6 Å². The van der Waals surface area contributed by atoms with Gasteiger partial charge in [-0.05, 0) is 35.1 Å². The van der Waals surface area contributed by atoms with E-state index in [2.05, 4.69) is 5.32 Å². The van der Waals surface area contributed by atoms with Gasteiger partial charge in [0.05, 0.1) is 6.54 Å². The molecular weight excluding hydrogens is 450 g/mol. The van der Waals surface area contributed by atoms with Gasteiger partial charge >= 0.3 is 18.0 Å². The molecule has 0 saturated carbocycles. The van der Waals surface area contributed by atoms with Crippen LogP contribution in [0.5, 0.6) is 0 Å². The van der Waals surface area contributed by atoms with Crippen LogP contribution in [0.1, 0.15) is 29.9 Å². The smallest absolute Gasteiger partial charge is 0.407 e. The molecule has 0 heterocycles. The fraction of sp³-hybridized carbons (Fsp3) is 0.375. The maximum absolute atomic E-state index is 13.3. The molecule has 0 aromatic heterocycles. The summed E-state index contributed by atoms with van der Waals surface area (Å²) in [5, 5.41) is 12.8. The predicted molar refractivity (Wildman–Crippen MR) is 119 cm³/mol. The second-order valence-electron chi connectivity index (χ2n) is 7.88. The van der Waals surface area contributed by atoms with Crippen LogP contribution >= 0.6 is 0 Å². The zero-order valence-corrected chi connectivity index (χ0v) is 18.6. The van der Waals surface area contributed by atoms with Gasteiger partial charge in [-0.15, -0.1) is 0 Å². The summed E-state index contributed by atoms with van der Waals surface area (Å²) >= 11 is 0. The summed E-state index contributed by atoms with van der Waals surface area (Å²) in [5.41, 5.74) is 4.15. The molecule has 1 aliphatic carbocycles. The van der Waals surface area contributed by atoms with E-state index < -0.39 is 36.5 Å². The number of aliphatic carboxylic acids is 1. The summed E-state index contributed by atoms with van der Waals surface area (Å²) in [6.07, 6.45) is -0.444. The highest BCUT2D eigenvalue weighted by molar-refractivity contribution is 5.86. The molecule has 0 spiro atoms. The molecule has 0 bridgehead atoms. The predicted octanol–water partition coefficient (Wildman–Crippen LogP) is 3.16. The average molecular weight is 476 g/mol. The zero-order chi connectivity index (χ0) is 24.7. The van der Waals surface area contributed by atoms with Crippen molar-refractivity contribution in [2.45, 2.75) is 30.7 Å². The monoisotopic (exact) mass is 476 g/mol. The minimum Gasteiger partial charge on any atom is -0.477 e. The van der Waals surface area contributed by atoms with E-state index in [9.17, 15) is 23.2 Å². The van der Waals surface area contributed by atoms with E-state index in [1.165, 1.54) is 7.11 Å². The first-order valence-corrected chi connectivity index (χ1v) is 10.7. The molecule has 0 fully saturated rings. The molecule has 0 aliphatic heterocycles. The third kappa shape index (κ3) is 5.88. The van der Waals surface area contributed by atoms with E-state index in [0.717, 1.165) is 22.3 Å². The van der Waals surface area contributed by atoms with Crippen LogP contribution in [0.2, 0.25) is 0 Å². The Bertz CT molecular complexity index is 1000. The van der Waals surface area contributed by atoms with Gasteiger partial charge < -0.3 is 25.2 Å². The number of ether oxygens (including phenoxy) is 2. The van der Waals surface area contributed by atoms with E-state index in [-0.39, 0.29) is 25.6 Å². The molecule has 3 N–H and O–H groups in total. The molecule has 2 aromatic carbocycles. The average Bonchev–Trinajstić information content (AvgIpc) is 3.14. The first-order valence-electron chi connectivity index (χ1n) is 10.7. The van der Waals surface area contributed by atoms with Crippen molar-refractivity contribution in [1.82, 2.24) is 10.6 Å². The zero-order valence-electron chi connectivity index (χ0n) is 18.6. The van der Waals surface area contributed by atoms with E-state index >= 15 is 0 Å². The Morgan fingerprint density at radius 3 is 2.21 bits per heavy atom. The molecule has 8 nitrogen and oxygen atoms in total. The second-order valence-corrected chi connectivity index (χ2v) is 7.88. The first kappa shape index (κ1) is 25.1. The summed E-state index contributed by atoms with van der Waals surface area (Å²) < 4.78 is 37.0. The van der Waals surface area contributed by atoms with Crippen molar-refractivity contribution in [3.8, 4) is 11.1 Å². The minimum absolute atomic E-state index is 0.0172. The SMILES string of the molecule is COCCCC(NC(=O)OCC1c2ccccc2-c2ccccc21)C(=O)NCC(F)(F)C(=O)O. The number of benzene rings is 2. The number of rotatable bonds is 11. The maximum Gasteiger partial charge on any atom is 0.407 e. The van der Waals surface area contributed by atoms with Crippen LogP contribution in [0.3, 0.4) is 0 Å². The standard InChI is InChI=1S/C24H26F2N2O6/c1-33-12-6-11-20(21(29)27-14-24(25,26)22(30)31)28-23(32)34-13-19-17-9-4-2-7-15(17)16-8-3-5-10-18(16)19/h2-5,7-10,19-20H,6,11-14H2,1H3,(H,27,29)(H,28,32)(H,30,31). The number of carboxylic acids is 1. The van der Waals surface area contributed by atoms with Crippen molar-refractivity contribution in [2.24, 2.45) is 0 Å². The van der Waals surface area contributed by atoms with Crippen LogP contribution in [0.15, 0.2) is 48.5 Å². The number of methoxy groups -OCH3 is 1. The Hall–Kier alpha value is -3.53. The number of hydrogen-bond acceptors (Lipinski definition) is 5. The maximum atomic E-state index is 13.3. The number of amides is 2. The number of carbonyl (C=O) groups is 3. The molecule has 0 radical (unpaired) electrons. The lowest BCUT2D eigenvalue weighted by Gasteiger charge is -2.20. The number of halogens is 2. The molecule has 1 atom stereocenters.